The zero-order chi connectivity index (χ0) is 13.3. The predicted octanol–water partition coefficient (Wildman–Crippen LogP) is 4.24. The summed E-state index contributed by atoms with van der Waals surface area (Å²) >= 11 is 15.5. The van der Waals surface area contributed by atoms with Gasteiger partial charge in [-0.15, -0.1) is 0 Å². The Bertz CT molecular complexity index is 466. The number of rotatable bonds is 2. The van der Waals surface area contributed by atoms with Crippen LogP contribution in [0.4, 0.5) is 0 Å². The molecule has 2 nitrogen and oxygen atoms in total. The van der Waals surface area contributed by atoms with E-state index in [1.165, 1.54) is 0 Å². The van der Waals surface area contributed by atoms with Crippen LogP contribution in [0.1, 0.15) is 23.7 Å². The van der Waals surface area contributed by atoms with Crippen molar-refractivity contribution in [3.05, 3.63) is 33.8 Å². The van der Waals surface area contributed by atoms with Crippen molar-refractivity contribution >= 4 is 45.0 Å². The van der Waals surface area contributed by atoms with Gasteiger partial charge >= 0.3 is 0 Å². The van der Waals surface area contributed by atoms with Crippen molar-refractivity contribution in [2.45, 2.75) is 19.4 Å². The van der Waals surface area contributed by atoms with Crippen molar-refractivity contribution in [2.75, 3.05) is 11.9 Å². The van der Waals surface area contributed by atoms with Crippen LogP contribution in [-0.2, 0) is 0 Å². The van der Waals surface area contributed by atoms with E-state index in [4.69, 9.17) is 23.2 Å². The fraction of sp³-hybridized carbons (Fsp3) is 0.462. The van der Waals surface area contributed by atoms with Gasteiger partial charge in [0, 0.05) is 22.9 Å². The second kappa shape index (κ2) is 5.81. The molecule has 18 heavy (non-hydrogen) atoms. The van der Waals surface area contributed by atoms with E-state index < -0.39 is 0 Å². The lowest BCUT2D eigenvalue weighted by Gasteiger charge is -2.25. The molecule has 0 saturated carbocycles. The van der Waals surface area contributed by atoms with E-state index in [1.807, 2.05) is 4.90 Å². The van der Waals surface area contributed by atoms with E-state index in [0.29, 0.717) is 21.5 Å². The normalized spacial score (nSPS) is 23.4. The lowest BCUT2D eigenvalue weighted by molar-refractivity contribution is 0.0739. The standard InChI is InChI=1S/C13H14BrCl2NO/c1-8-4-5-17(12(8)7-14)13(18)10-6-9(15)2-3-11(10)16/h2-3,6,8,12H,4-5,7H2,1H3. The second-order valence-electron chi connectivity index (χ2n) is 4.61. The quantitative estimate of drug-likeness (QED) is 0.730. The molecule has 0 aliphatic carbocycles. The molecule has 1 aliphatic rings. The van der Waals surface area contributed by atoms with Crippen LogP contribution in [0.5, 0.6) is 0 Å². The van der Waals surface area contributed by atoms with Crippen LogP contribution in [0.2, 0.25) is 10.0 Å². The first-order valence-electron chi connectivity index (χ1n) is 5.86. The van der Waals surface area contributed by atoms with E-state index in [2.05, 4.69) is 22.9 Å². The zero-order valence-electron chi connectivity index (χ0n) is 10.00. The maximum atomic E-state index is 12.5. The molecule has 0 aromatic heterocycles. The minimum Gasteiger partial charge on any atom is -0.334 e. The molecular formula is C13H14BrCl2NO. The van der Waals surface area contributed by atoms with Gasteiger partial charge in [-0.05, 0) is 30.5 Å². The third kappa shape index (κ3) is 2.68. The first-order valence-corrected chi connectivity index (χ1v) is 7.74. The van der Waals surface area contributed by atoms with E-state index >= 15 is 0 Å². The number of hydrogen-bond donors (Lipinski definition) is 0. The van der Waals surface area contributed by atoms with Crippen LogP contribution in [-0.4, -0.2) is 28.7 Å². The number of carbonyl (C=O) groups is 1. The molecule has 0 bridgehead atoms. The number of likely N-dealkylation sites (tertiary alicyclic amines) is 1. The summed E-state index contributed by atoms with van der Waals surface area (Å²) in [6.45, 7) is 2.94. The Morgan fingerprint density at radius 2 is 2.22 bits per heavy atom. The smallest absolute Gasteiger partial charge is 0.255 e. The maximum Gasteiger partial charge on any atom is 0.255 e. The number of carbonyl (C=O) groups excluding carboxylic acids is 1. The topological polar surface area (TPSA) is 20.3 Å². The van der Waals surface area contributed by atoms with Crippen molar-refractivity contribution in [2.24, 2.45) is 5.92 Å². The van der Waals surface area contributed by atoms with Gasteiger partial charge in [-0.2, -0.15) is 0 Å². The minimum absolute atomic E-state index is 0.0312. The molecule has 0 spiro atoms. The molecule has 1 saturated heterocycles. The third-order valence-electron chi connectivity index (χ3n) is 3.46. The summed E-state index contributed by atoms with van der Waals surface area (Å²) in [6, 6.07) is 5.22. The van der Waals surface area contributed by atoms with Gasteiger partial charge in [0.05, 0.1) is 10.6 Å². The summed E-state index contributed by atoms with van der Waals surface area (Å²) in [5, 5.41) is 1.78. The molecule has 1 fully saturated rings. The minimum atomic E-state index is -0.0312. The number of amides is 1. The van der Waals surface area contributed by atoms with Crippen LogP contribution < -0.4 is 0 Å². The largest absolute Gasteiger partial charge is 0.334 e. The van der Waals surface area contributed by atoms with E-state index in [-0.39, 0.29) is 11.9 Å². The molecule has 0 radical (unpaired) electrons. The Morgan fingerprint density at radius 1 is 1.50 bits per heavy atom. The summed E-state index contributed by atoms with van der Waals surface area (Å²) < 4.78 is 0. The predicted molar refractivity (Wildman–Crippen MR) is 78.9 cm³/mol. The Labute approximate surface area is 125 Å². The van der Waals surface area contributed by atoms with Crippen LogP contribution in [0.3, 0.4) is 0 Å². The van der Waals surface area contributed by atoms with Gasteiger partial charge in [0.25, 0.3) is 5.91 Å². The Balaban J connectivity index is 2.28. The van der Waals surface area contributed by atoms with E-state index in [0.717, 1.165) is 18.3 Å². The molecule has 1 aromatic rings. The molecule has 2 rings (SSSR count). The molecule has 98 valence electrons. The summed E-state index contributed by atoms with van der Waals surface area (Å²) in [6.07, 6.45) is 1.03. The SMILES string of the molecule is CC1CCN(C(=O)c2cc(Cl)ccc2Cl)C1CBr. The average molecular weight is 351 g/mol. The second-order valence-corrected chi connectivity index (χ2v) is 6.10. The molecule has 5 heteroatoms. The molecule has 1 aliphatic heterocycles. The lowest BCUT2D eigenvalue weighted by atomic mass is 10.0. The van der Waals surface area contributed by atoms with Crippen LogP contribution in [0.15, 0.2) is 18.2 Å². The van der Waals surface area contributed by atoms with E-state index in [1.54, 1.807) is 18.2 Å². The summed E-state index contributed by atoms with van der Waals surface area (Å²) in [5.41, 5.74) is 0.490. The molecule has 2 unspecified atom stereocenters. The highest BCUT2D eigenvalue weighted by atomic mass is 79.9. The van der Waals surface area contributed by atoms with Crippen molar-refractivity contribution in [1.29, 1.82) is 0 Å². The number of hydrogen-bond acceptors (Lipinski definition) is 1. The lowest BCUT2D eigenvalue weighted by Crippen LogP contribution is -2.38. The Morgan fingerprint density at radius 3 is 2.89 bits per heavy atom. The number of benzene rings is 1. The van der Waals surface area contributed by atoms with Crippen molar-refractivity contribution in [3.63, 3.8) is 0 Å². The summed E-state index contributed by atoms with van der Waals surface area (Å²) in [5.74, 6) is 0.475. The zero-order valence-corrected chi connectivity index (χ0v) is 13.1. The molecule has 1 amide bonds. The van der Waals surface area contributed by atoms with Gasteiger partial charge in [-0.3, -0.25) is 4.79 Å². The van der Waals surface area contributed by atoms with Gasteiger partial charge in [0.1, 0.15) is 0 Å². The summed E-state index contributed by atoms with van der Waals surface area (Å²) in [4.78, 5) is 14.4. The molecule has 1 heterocycles. The average Bonchev–Trinajstić information content (AvgIpc) is 2.72. The van der Waals surface area contributed by atoms with Crippen LogP contribution >= 0.6 is 39.1 Å². The number of nitrogens with zero attached hydrogens (tertiary/aromatic N) is 1. The van der Waals surface area contributed by atoms with Gasteiger partial charge < -0.3 is 4.90 Å². The van der Waals surface area contributed by atoms with Gasteiger partial charge in [0.2, 0.25) is 0 Å². The first-order chi connectivity index (χ1) is 8.54. The molecular weight excluding hydrogens is 337 g/mol. The highest BCUT2D eigenvalue weighted by Crippen LogP contribution is 2.29. The molecule has 1 aromatic carbocycles. The number of halogens is 3. The Hall–Kier alpha value is -0.250. The van der Waals surface area contributed by atoms with Crippen molar-refractivity contribution in [1.82, 2.24) is 4.90 Å². The fourth-order valence-corrected chi connectivity index (χ4v) is 3.67. The van der Waals surface area contributed by atoms with Crippen molar-refractivity contribution in [3.8, 4) is 0 Å². The van der Waals surface area contributed by atoms with Crippen LogP contribution in [0, 0.1) is 5.92 Å². The van der Waals surface area contributed by atoms with Gasteiger partial charge in [-0.25, -0.2) is 0 Å². The number of alkyl halides is 1. The first kappa shape index (κ1) is 14.2. The molecule has 0 N–H and O–H groups in total. The third-order valence-corrected chi connectivity index (χ3v) is 4.69. The fourth-order valence-electron chi connectivity index (χ4n) is 2.31. The van der Waals surface area contributed by atoms with Crippen LogP contribution in [0.25, 0.3) is 0 Å². The molecule has 2 atom stereocenters. The maximum absolute atomic E-state index is 12.5. The van der Waals surface area contributed by atoms with Gasteiger partial charge in [0.15, 0.2) is 0 Å². The van der Waals surface area contributed by atoms with E-state index in [9.17, 15) is 4.79 Å². The summed E-state index contributed by atoms with van der Waals surface area (Å²) in [7, 11) is 0. The highest BCUT2D eigenvalue weighted by Gasteiger charge is 2.34. The highest BCUT2D eigenvalue weighted by molar-refractivity contribution is 9.09. The van der Waals surface area contributed by atoms with Gasteiger partial charge in [-0.1, -0.05) is 46.1 Å². The van der Waals surface area contributed by atoms with Crippen molar-refractivity contribution < 1.29 is 4.79 Å². The Kier molecular flexibility index (Phi) is 4.57. The monoisotopic (exact) mass is 349 g/mol.